The topological polar surface area (TPSA) is 104 Å². The molecule has 3 heterocycles. The average Bonchev–Trinajstić information content (AvgIpc) is 3.40. The Morgan fingerprint density at radius 2 is 1.79 bits per heavy atom. The fourth-order valence-electron chi connectivity index (χ4n) is 5.45. The van der Waals surface area contributed by atoms with Crippen LogP contribution in [0.3, 0.4) is 0 Å². The summed E-state index contributed by atoms with van der Waals surface area (Å²) in [5.41, 5.74) is 2.54. The van der Waals surface area contributed by atoms with Crippen LogP contribution in [0.15, 0.2) is 48.8 Å². The monoisotopic (exact) mass is 552 g/mol. The van der Waals surface area contributed by atoms with Gasteiger partial charge in [0.2, 0.25) is 0 Å². The summed E-state index contributed by atoms with van der Waals surface area (Å²) >= 11 is 0. The maximum atomic E-state index is 14.6. The molecule has 3 aromatic heterocycles. The number of halogens is 2. The van der Waals surface area contributed by atoms with Crippen LogP contribution in [-0.4, -0.2) is 50.4 Å². The molecule has 0 saturated carbocycles. The highest BCUT2D eigenvalue weighted by Gasteiger charge is 2.43. The van der Waals surface area contributed by atoms with E-state index in [0.29, 0.717) is 17.9 Å². The van der Waals surface area contributed by atoms with Crippen LogP contribution in [0.4, 0.5) is 8.78 Å². The molecule has 0 amide bonds. The first kappa shape index (κ1) is 27.0. The molecule has 0 unspecified atom stereocenters. The van der Waals surface area contributed by atoms with Crippen molar-refractivity contribution in [3.63, 3.8) is 0 Å². The van der Waals surface area contributed by atoms with Crippen molar-refractivity contribution in [1.82, 2.24) is 29.9 Å². The molecule has 1 aliphatic carbocycles. The molecule has 0 saturated heterocycles. The Labute approximate surface area is 226 Å². The molecule has 0 spiro atoms. The number of rotatable bonds is 8. The predicted octanol–water partition coefficient (Wildman–Crippen LogP) is 5.10. The Balaban J connectivity index is 1.56. The maximum Gasteiger partial charge on any atom is 0.199 e. The first-order valence-electron chi connectivity index (χ1n) is 13.0. The third kappa shape index (κ3) is 5.19. The van der Waals surface area contributed by atoms with E-state index in [2.05, 4.69) is 34.1 Å². The Kier molecular flexibility index (Phi) is 7.28. The second-order valence-electron chi connectivity index (χ2n) is 10.1. The molecule has 1 aromatic carbocycles. The summed E-state index contributed by atoms with van der Waals surface area (Å²) in [6.07, 6.45) is 5.91. The smallest absolute Gasteiger partial charge is 0.199 e. The van der Waals surface area contributed by atoms with Gasteiger partial charge < -0.3 is 0 Å². The minimum Gasteiger partial charge on any atom is -0.251 e. The van der Waals surface area contributed by atoms with Gasteiger partial charge in [-0.15, -0.1) is 10.2 Å². The van der Waals surface area contributed by atoms with Gasteiger partial charge in [-0.3, -0.25) is 4.68 Å². The first-order valence-corrected chi connectivity index (χ1v) is 15.1. The number of benzene rings is 1. The molecule has 0 N–H and O–H groups in total. The van der Waals surface area contributed by atoms with E-state index in [1.165, 1.54) is 35.5 Å². The molecule has 5 rings (SSSR count). The second kappa shape index (κ2) is 10.5. The zero-order chi connectivity index (χ0) is 27.8. The van der Waals surface area contributed by atoms with Gasteiger partial charge in [0.15, 0.2) is 5.82 Å². The van der Waals surface area contributed by atoms with Crippen molar-refractivity contribution in [2.45, 2.75) is 57.4 Å². The molecule has 2 atom stereocenters. The van der Waals surface area contributed by atoms with Gasteiger partial charge in [-0.2, -0.15) is 5.10 Å². The molecule has 8 nitrogen and oxygen atoms in total. The lowest BCUT2D eigenvalue weighted by molar-refractivity contribution is 0.353. The van der Waals surface area contributed by atoms with E-state index in [4.69, 9.17) is 4.98 Å². The van der Waals surface area contributed by atoms with Crippen LogP contribution in [0.25, 0.3) is 22.8 Å². The number of aromatic nitrogens is 6. The molecule has 204 valence electrons. The minimum absolute atomic E-state index is 0.0327. The highest BCUT2D eigenvalue weighted by molar-refractivity contribution is 7.90. The minimum atomic E-state index is -3.13. The molecule has 4 aromatic rings. The number of fused-ring (bicyclic) bond motifs is 1. The van der Waals surface area contributed by atoms with Crippen molar-refractivity contribution in [2.75, 3.05) is 12.0 Å². The summed E-state index contributed by atoms with van der Waals surface area (Å²) in [5.74, 6) is -0.801. The van der Waals surface area contributed by atoms with Crippen LogP contribution in [0, 0.1) is 11.6 Å². The van der Waals surface area contributed by atoms with Gasteiger partial charge in [-0.05, 0) is 67.5 Å². The number of pyridine rings is 1. The number of hydrogen-bond acceptors (Lipinski definition) is 7. The fraction of sp³-hybridized carbons (Fsp3) is 0.393. The van der Waals surface area contributed by atoms with Crippen molar-refractivity contribution < 1.29 is 17.2 Å². The van der Waals surface area contributed by atoms with Crippen molar-refractivity contribution in [3.05, 3.63) is 77.4 Å². The van der Waals surface area contributed by atoms with E-state index < -0.39 is 26.9 Å². The highest BCUT2D eigenvalue weighted by atomic mass is 32.2. The van der Waals surface area contributed by atoms with Crippen LogP contribution < -0.4 is 0 Å². The quantitative estimate of drug-likeness (QED) is 0.299. The van der Waals surface area contributed by atoms with Crippen molar-refractivity contribution >= 4 is 9.84 Å². The fourth-order valence-corrected chi connectivity index (χ4v) is 5.97. The van der Waals surface area contributed by atoms with Crippen LogP contribution >= 0.6 is 0 Å². The van der Waals surface area contributed by atoms with Gasteiger partial charge in [-0.25, -0.2) is 27.2 Å². The third-order valence-electron chi connectivity index (χ3n) is 7.65. The zero-order valence-corrected chi connectivity index (χ0v) is 22.9. The molecule has 0 fully saturated rings. The SMILES string of the molecule is CC[C@H]1CC[C@](CC)(c2cccc(-c3ncn(CCS(C)(=O)=O)n3)n2)c2nnc(-c3c(F)cccc3F)cc21. The van der Waals surface area contributed by atoms with Crippen molar-refractivity contribution in [1.29, 1.82) is 0 Å². The lowest BCUT2D eigenvalue weighted by atomic mass is 9.65. The van der Waals surface area contributed by atoms with E-state index in [9.17, 15) is 17.2 Å². The molecule has 39 heavy (non-hydrogen) atoms. The van der Waals surface area contributed by atoms with Gasteiger partial charge in [0.05, 0.1) is 40.4 Å². The summed E-state index contributed by atoms with van der Waals surface area (Å²) in [7, 11) is -3.13. The van der Waals surface area contributed by atoms with E-state index in [1.54, 1.807) is 6.07 Å². The zero-order valence-electron chi connectivity index (χ0n) is 22.1. The molecule has 1 aliphatic rings. The normalized spacial score (nSPS) is 19.2. The second-order valence-corrected chi connectivity index (χ2v) is 12.3. The van der Waals surface area contributed by atoms with Gasteiger partial charge in [0.25, 0.3) is 0 Å². The maximum absolute atomic E-state index is 14.6. The summed E-state index contributed by atoms with van der Waals surface area (Å²) in [5, 5.41) is 13.4. The van der Waals surface area contributed by atoms with Gasteiger partial charge in [-0.1, -0.05) is 26.0 Å². The Hall–Kier alpha value is -3.60. The third-order valence-corrected chi connectivity index (χ3v) is 8.57. The number of nitrogens with zero attached hydrogens (tertiary/aromatic N) is 6. The van der Waals surface area contributed by atoms with Gasteiger partial charge >= 0.3 is 0 Å². The lowest BCUT2D eigenvalue weighted by Gasteiger charge is -2.40. The van der Waals surface area contributed by atoms with Gasteiger partial charge in [0.1, 0.15) is 33.5 Å². The Morgan fingerprint density at radius 3 is 2.49 bits per heavy atom. The lowest BCUT2D eigenvalue weighted by Crippen LogP contribution is -2.35. The van der Waals surface area contributed by atoms with E-state index in [0.717, 1.165) is 36.2 Å². The van der Waals surface area contributed by atoms with Crippen LogP contribution in [-0.2, 0) is 21.8 Å². The highest BCUT2D eigenvalue weighted by Crippen LogP contribution is 2.49. The predicted molar refractivity (Wildman–Crippen MR) is 144 cm³/mol. The van der Waals surface area contributed by atoms with E-state index in [1.807, 2.05) is 18.2 Å². The molecular weight excluding hydrogens is 522 g/mol. The average molecular weight is 553 g/mol. The number of sulfone groups is 1. The van der Waals surface area contributed by atoms with Crippen LogP contribution in [0.1, 0.15) is 62.4 Å². The molecule has 11 heteroatoms. The van der Waals surface area contributed by atoms with E-state index in [-0.39, 0.29) is 29.5 Å². The van der Waals surface area contributed by atoms with Crippen molar-refractivity contribution in [3.8, 4) is 22.8 Å². The molecule has 0 aliphatic heterocycles. The first-order chi connectivity index (χ1) is 18.6. The summed E-state index contributed by atoms with van der Waals surface area (Å²) < 4.78 is 53.7. The largest absolute Gasteiger partial charge is 0.251 e. The van der Waals surface area contributed by atoms with E-state index >= 15 is 0 Å². The summed E-state index contributed by atoms with van der Waals surface area (Å²) in [6, 6.07) is 11.2. The van der Waals surface area contributed by atoms with Gasteiger partial charge in [0, 0.05) is 6.26 Å². The Morgan fingerprint density at radius 1 is 1.05 bits per heavy atom. The standard InChI is InChI=1S/C28H30F2N6O2S/c1-4-18-12-13-28(5-2,26-19(18)16-23(33-34-26)25-20(29)8-6-9-21(25)30)24-11-7-10-22(32-24)27-31-17-36(35-27)14-15-39(3,37)38/h6-11,16-18H,4-5,12-15H2,1-3H3/t18-,28+/m0/s1. The molecule has 0 radical (unpaired) electrons. The van der Waals surface area contributed by atoms with Crippen molar-refractivity contribution in [2.24, 2.45) is 0 Å². The number of hydrogen-bond donors (Lipinski definition) is 0. The Bertz CT molecular complexity index is 1600. The summed E-state index contributed by atoms with van der Waals surface area (Å²) in [6.45, 7) is 4.38. The van der Waals surface area contributed by atoms with Crippen LogP contribution in [0.5, 0.6) is 0 Å². The molecular formula is C28H30F2N6O2S. The number of aryl methyl sites for hydroxylation is 1. The van der Waals surface area contributed by atoms with Crippen LogP contribution in [0.2, 0.25) is 0 Å². The summed E-state index contributed by atoms with van der Waals surface area (Å²) in [4.78, 5) is 9.29. The molecule has 0 bridgehead atoms.